The topological polar surface area (TPSA) is 79.2 Å². The van der Waals surface area contributed by atoms with Crippen LogP contribution in [0.15, 0.2) is 48.0 Å². The van der Waals surface area contributed by atoms with Crippen molar-refractivity contribution in [2.45, 2.75) is 6.92 Å². The number of halogens is 2. The summed E-state index contributed by atoms with van der Waals surface area (Å²) in [5.74, 6) is -3.42. The molecule has 26 heavy (non-hydrogen) atoms. The summed E-state index contributed by atoms with van der Waals surface area (Å²) in [7, 11) is 0. The molecular formula is C19H14F2N2O3. The van der Waals surface area contributed by atoms with Gasteiger partial charge in [-0.05, 0) is 30.7 Å². The van der Waals surface area contributed by atoms with E-state index in [0.717, 1.165) is 23.8 Å². The molecule has 2 rings (SSSR count). The average molecular weight is 356 g/mol. The van der Waals surface area contributed by atoms with Crippen molar-refractivity contribution in [2.75, 3.05) is 11.9 Å². The molecular weight excluding hydrogens is 342 g/mol. The van der Waals surface area contributed by atoms with Gasteiger partial charge in [-0.3, -0.25) is 4.79 Å². The van der Waals surface area contributed by atoms with Gasteiger partial charge in [0.25, 0.3) is 5.91 Å². The van der Waals surface area contributed by atoms with Crippen molar-refractivity contribution in [1.29, 1.82) is 5.26 Å². The molecule has 0 spiro atoms. The first kappa shape index (κ1) is 18.8. The van der Waals surface area contributed by atoms with E-state index >= 15 is 0 Å². The Bertz CT molecular complexity index is 900. The summed E-state index contributed by atoms with van der Waals surface area (Å²) < 4.78 is 31.2. The van der Waals surface area contributed by atoms with Crippen LogP contribution in [0.25, 0.3) is 6.08 Å². The van der Waals surface area contributed by atoms with E-state index in [-0.39, 0.29) is 11.3 Å². The predicted octanol–water partition coefficient (Wildman–Crippen LogP) is 3.36. The number of ether oxygens (including phenoxy) is 1. The Labute approximate surface area is 148 Å². The Kier molecular flexibility index (Phi) is 6.17. The highest BCUT2D eigenvalue weighted by molar-refractivity contribution is 6.00. The highest BCUT2D eigenvalue weighted by Gasteiger charge is 2.14. The lowest BCUT2D eigenvalue weighted by molar-refractivity contribution is -0.142. The fourth-order valence-electron chi connectivity index (χ4n) is 1.95. The van der Waals surface area contributed by atoms with Crippen LogP contribution in [0.3, 0.4) is 0 Å². The van der Waals surface area contributed by atoms with Gasteiger partial charge < -0.3 is 10.1 Å². The second-order valence-electron chi connectivity index (χ2n) is 5.33. The first-order chi connectivity index (χ1) is 12.4. The molecule has 0 fully saturated rings. The number of nitrogens with one attached hydrogen (secondary N) is 1. The summed E-state index contributed by atoms with van der Waals surface area (Å²) in [5, 5.41) is 11.2. The maximum Gasteiger partial charge on any atom is 0.349 e. The lowest BCUT2D eigenvalue weighted by atomic mass is 10.1. The zero-order valence-corrected chi connectivity index (χ0v) is 13.8. The number of aryl methyl sites for hydroxylation is 1. The zero-order chi connectivity index (χ0) is 19.1. The minimum atomic E-state index is -0.997. The van der Waals surface area contributed by atoms with Gasteiger partial charge >= 0.3 is 5.97 Å². The molecule has 0 unspecified atom stereocenters. The summed E-state index contributed by atoms with van der Waals surface area (Å²) in [4.78, 5) is 23.6. The molecule has 1 N–H and O–H groups in total. The van der Waals surface area contributed by atoms with E-state index in [0.29, 0.717) is 5.56 Å². The number of esters is 1. The van der Waals surface area contributed by atoms with Crippen molar-refractivity contribution < 1.29 is 23.1 Å². The Balaban J connectivity index is 1.97. The van der Waals surface area contributed by atoms with Crippen molar-refractivity contribution in [2.24, 2.45) is 0 Å². The second-order valence-corrected chi connectivity index (χ2v) is 5.33. The Hall–Kier alpha value is -3.53. The number of hydrogen-bond acceptors (Lipinski definition) is 4. The molecule has 132 valence electrons. The smallest absolute Gasteiger partial charge is 0.349 e. The summed E-state index contributed by atoms with van der Waals surface area (Å²) in [6.45, 7) is 1.15. The van der Waals surface area contributed by atoms with Crippen molar-refractivity contribution in [1.82, 2.24) is 0 Å². The largest absolute Gasteiger partial charge is 0.451 e. The van der Waals surface area contributed by atoms with Crippen LogP contribution in [-0.2, 0) is 14.3 Å². The maximum atomic E-state index is 13.4. The molecule has 7 heteroatoms. The average Bonchev–Trinajstić information content (AvgIpc) is 2.62. The number of rotatable bonds is 5. The van der Waals surface area contributed by atoms with Gasteiger partial charge in [0.05, 0.1) is 5.69 Å². The van der Waals surface area contributed by atoms with Crippen LogP contribution in [0.2, 0.25) is 0 Å². The van der Waals surface area contributed by atoms with Gasteiger partial charge in [0.15, 0.2) is 6.61 Å². The summed E-state index contributed by atoms with van der Waals surface area (Å²) in [5.41, 5.74) is 0.972. The SMILES string of the molecule is Cc1ccc(/C=C(\C#N)C(=O)OCC(=O)Nc2cc(F)ccc2F)cc1. The van der Waals surface area contributed by atoms with Gasteiger partial charge in [-0.15, -0.1) is 0 Å². The van der Waals surface area contributed by atoms with E-state index in [9.17, 15) is 18.4 Å². The number of benzene rings is 2. The molecule has 0 atom stereocenters. The van der Waals surface area contributed by atoms with Crippen molar-refractivity contribution in [3.05, 3.63) is 70.8 Å². The highest BCUT2D eigenvalue weighted by Crippen LogP contribution is 2.15. The third kappa shape index (κ3) is 5.24. The number of amides is 1. The number of carbonyl (C=O) groups is 2. The molecule has 2 aromatic carbocycles. The van der Waals surface area contributed by atoms with E-state index in [4.69, 9.17) is 10.00 Å². The van der Waals surface area contributed by atoms with Crippen LogP contribution in [0.4, 0.5) is 14.5 Å². The Morgan fingerprint density at radius 2 is 1.88 bits per heavy atom. The molecule has 0 aromatic heterocycles. The fourth-order valence-corrected chi connectivity index (χ4v) is 1.95. The van der Waals surface area contributed by atoms with E-state index in [2.05, 4.69) is 5.32 Å². The number of carbonyl (C=O) groups excluding carboxylic acids is 2. The number of anilines is 1. The second kappa shape index (κ2) is 8.53. The van der Waals surface area contributed by atoms with Gasteiger partial charge in [-0.2, -0.15) is 5.26 Å². The molecule has 2 aromatic rings. The van der Waals surface area contributed by atoms with Crippen LogP contribution in [0.1, 0.15) is 11.1 Å². The summed E-state index contributed by atoms with van der Waals surface area (Å²) in [6.07, 6.45) is 1.33. The number of nitriles is 1. The van der Waals surface area contributed by atoms with E-state index in [1.807, 2.05) is 19.1 Å². The standard InChI is InChI=1S/C19H14F2N2O3/c1-12-2-4-13(5-3-12)8-14(10-22)19(25)26-11-18(24)23-17-9-15(20)6-7-16(17)21/h2-9H,11H2,1H3,(H,23,24)/b14-8+. The van der Waals surface area contributed by atoms with Gasteiger partial charge in [0.2, 0.25) is 0 Å². The van der Waals surface area contributed by atoms with Crippen molar-refractivity contribution in [3.8, 4) is 6.07 Å². The molecule has 0 radical (unpaired) electrons. The molecule has 0 aliphatic rings. The van der Waals surface area contributed by atoms with Crippen LogP contribution >= 0.6 is 0 Å². The van der Waals surface area contributed by atoms with Gasteiger partial charge in [0.1, 0.15) is 23.3 Å². The van der Waals surface area contributed by atoms with Crippen LogP contribution in [0, 0.1) is 29.9 Å². The lowest BCUT2D eigenvalue weighted by Gasteiger charge is -2.07. The van der Waals surface area contributed by atoms with Gasteiger partial charge in [0, 0.05) is 6.07 Å². The van der Waals surface area contributed by atoms with Crippen LogP contribution in [-0.4, -0.2) is 18.5 Å². The van der Waals surface area contributed by atoms with Crippen molar-refractivity contribution >= 4 is 23.6 Å². The zero-order valence-electron chi connectivity index (χ0n) is 13.8. The molecule has 0 aliphatic carbocycles. The molecule has 1 amide bonds. The van der Waals surface area contributed by atoms with Crippen molar-refractivity contribution in [3.63, 3.8) is 0 Å². The predicted molar refractivity (Wildman–Crippen MR) is 90.7 cm³/mol. The molecule has 0 bridgehead atoms. The van der Waals surface area contributed by atoms with E-state index < -0.39 is 30.1 Å². The summed E-state index contributed by atoms with van der Waals surface area (Å²) >= 11 is 0. The first-order valence-corrected chi connectivity index (χ1v) is 7.49. The number of hydrogen-bond donors (Lipinski definition) is 1. The summed E-state index contributed by atoms with van der Waals surface area (Å²) in [6, 6.07) is 11.3. The maximum absolute atomic E-state index is 13.4. The Morgan fingerprint density at radius 1 is 1.19 bits per heavy atom. The normalized spacial score (nSPS) is 10.8. The molecule has 0 heterocycles. The Morgan fingerprint density at radius 3 is 2.54 bits per heavy atom. The fraction of sp³-hybridized carbons (Fsp3) is 0.105. The third-order valence-corrected chi connectivity index (χ3v) is 3.27. The van der Waals surface area contributed by atoms with Gasteiger partial charge in [-0.1, -0.05) is 29.8 Å². The molecule has 5 nitrogen and oxygen atoms in total. The highest BCUT2D eigenvalue weighted by atomic mass is 19.1. The molecule has 0 aliphatic heterocycles. The van der Waals surface area contributed by atoms with Gasteiger partial charge in [-0.25, -0.2) is 13.6 Å². The lowest BCUT2D eigenvalue weighted by Crippen LogP contribution is -2.22. The minimum absolute atomic E-state index is 0.293. The van der Waals surface area contributed by atoms with E-state index in [1.54, 1.807) is 18.2 Å². The third-order valence-electron chi connectivity index (χ3n) is 3.27. The minimum Gasteiger partial charge on any atom is -0.451 e. The van der Waals surface area contributed by atoms with E-state index in [1.165, 1.54) is 6.08 Å². The quantitative estimate of drug-likeness (QED) is 0.506. The number of nitrogens with zero attached hydrogens (tertiary/aromatic N) is 1. The van der Waals surface area contributed by atoms with Crippen LogP contribution in [0.5, 0.6) is 0 Å². The first-order valence-electron chi connectivity index (χ1n) is 7.49. The molecule has 0 saturated heterocycles. The monoisotopic (exact) mass is 356 g/mol. The van der Waals surface area contributed by atoms with Crippen LogP contribution < -0.4 is 5.32 Å². The molecule has 0 saturated carbocycles.